The van der Waals surface area contributed by atoms with Crippen LogP contribution in [0.2, 0.25) is 25.7 Å². The second-order valence-electron chi connectivity index (χ2n) is 10.2. The van der Waals surface area contributed by atoms with Crippen LogP contribution in [0.25, 0.3) is 11.0 Å². The van der Waals surface area contributed by atoms with Crippen molar-refractivity contribution in [2.24, 2.45) is 5.92 Å². The second kappa shape index (κ2) is 12.0. The van der Waals surface area contributed by atoms with Gasteiger partial charge in [-0.2, -0.15) is 4.98 Å². The highest BCUT2D eigenvalue weighted by atomic mass is 79.9. The van der Waals surface area contributed by atoms with Crippen LogP contribution < -0.4 is 9.46 Å². The molecule has 0 saturated carbocycles. The zero-order valence-electron chi connectivity index (χ0n) is 21.2. The monoisotopic (exact) mass is 581 g/mol. The van der Waals surface area contributed by atoms with E-state index in [2.05, 4.69) is 40.3 Å². The minimum atomic E-state index is -3.52. The van der Waals surface area contributed by atoms with Gasteiger partial charge in [-0.05, 0) is 65.5 Å². The molecule has 1 aromatic carbocycles. The molecule has 0 bridgehead atoms. The first-order valence-electron chi connectivity index (χ1n) is 11.9. The summed E-state index contributed by atoms with van der Waals surface area (Å²) in [5.41, 5.74) is 1.84. The number of hydrogen-bond donors (Lipinski definition) is 1. The van der Waals surface area contributed by atoms with Crippen LogP contribution in [0, 0.1) is 12.8 Å². The molecule has 35 heavy (non-hydrogen) atoms. The van der Waals surface area contributed by atoms with Gasteiger partial charge in [-0.1, -0.05) is 44.3 Å². The summed E-state index contributed by atoms with van der Waals surface area (Å²) < 4.78 is 42.3. The van der Waals surface area contributed by atoms with Crippen LogP contribution in [0.4, 0.5) is 0 Å². The van der Waals surface area contributed by atoms with Crippen LogP contribution >= 0.6 is 15.9 Å². The van der Waals surface area contributed by atoms with Crippen molar-refractivity contribution in [2.45, 2.75) is 57.6 Å². The minimum absolute atomic E-state index is 0.0985. The van der Waals surface area contributed by atoms with E-state index in [0.29, 0.717) is 32.2 Å². The van der Waals surface area contributed by atoms with E-state index in [0.717, 1.165) is 33.7 Å². The molecule has 3 rings (SSSR count). The van der Waals surface area contributed by atoms with Crippen LogP contribution in [-0.4, -0.2) is 45.8 Å². The molecule has 7 nitrogen and oxygen atoms in total. The summed E-state index contributed by atoms with van der Waals surface area (Å²) in [6.45, 7) is 12.9. The van der Waals surface area contributed by atoms with Crippen molar-refractivity contribution in [2.75, 3.05) is 19.8 Å². The highest BCUT2D eigenvalue weighted by molar-refractivity contribution is 9.10. The number of nitrogens with zero attached hydrogens (tertiary/aromatic N) is 2. The fraction of sp³-hybridized carbons (Fsp3) is 0.480. The summed E-state index contributed by atoms with van der Waals surface area (Å²) in [6, 6.07) is 12.0. The second-order valence-corrected chi connectivity index (χ2v) is 18.5. The molecule has 0 saturated heterocycles. The van der Waals surface area contributed by atoms with E-state index in [4.69, 9.17) is 14.5 Å². The topological polar surface area (TPSA) is 82.5 Å². The molecular formula is C25H36BrN3O4SSi. The van der Waals surface area contributed by atoms with Crippen molar-refractivity contribution in [1.82, 2.24) is 14.3 Å². The van der Waals surface area contributed by atoms with Crippen molar-refractivity contribution < 1.29 is 17.9 Å². The van der Waals surface area contributed by atoms with Gasteiger partial charge in [0.25, 0.3) is 0 Å². The molecule has 192 valence electrons. The zero-order chi connectivity index (χ0) is 25.6. The van der Waals surface area contributed by atoms with E-state index >= 15 is 0 Å². The van der Waals surface area contributed by atoms with E-state index < -0.39 is 18.1 Å². The largest absolute Gasteiger partial charge is 0.477 e. The van der Waals surface area contributed by atoms with Gasteiger partial charge in [-0.25, -0.2) is 13.1 Å². The van der Waals surface area contributed by atoms with Gasteiger partial charge < -0.3 is 14.0 Å². The first-order chi connectivity index (χ1) is 16.4. The van der Waals surface area contributed by atoms with E-state index in [1.807, 2.05) is 36.7 Å². The molecule has 0 aliphatic rings. The van der Waals surface area contributed by atoms with Crippen LogP contribution in [0.3, 0.4) is 0 Å². The number of rotatable bonds is 13. The lowest BCUT2D eigenvalue weighted by atomic mass is 10.1. The van der Waals surface area contributed by atoms with Gasteiger partial charge in [0, 0.05) is 32.8 Å². The number of fused-ring (bicyclic) bond motifs is 1. The van der Waals surface area contributed by atoms with Crippen LogP contribution in [0.1, 0.15) is 18.9 Å². The summed E-state index contributed by atoms with van der Waals surface area (Å²) in [5.74, 6) is 0.619. The average molecular weight is 583 g/mol. The number of ether oxygens (including phenoxy) is 2. The molecule has 2 heterocycles. The summed E-state index contributed by atoms with van der Waals surface area (Å²) in [7, 11) is -4.64. The van der Waals surface area contributed by atoms with Gasteiger partial charge >= 0.3 is 0 Å². The fourth-order valence-corrected chi connectivity index (χ4v) is 5.70. The Morgan fingerprint density at radius 3 is 2.54 bits per heavy atom. The third-order valence-corrected chi connectivity index (χ3v) is 9.40. The molecule has 2 aromatic heterocycles. The Morgan fingerprint density at radius 1 is 1.14 bits per heavy atom. The number of aryl methyl sites for hydroxylation is 1. The van der Waals surface area contributed by atoms with E-state index in [9.17, 15) is 8.42 Å². The molecule has 0 spiro atoms. The molecule has 3 aromatic rings. The van der Waals surface area contributed by atoms with Crippen LogP contribution in [0.15, 0.2) is 52.0 Å². The summed E-state index contributed by atoms with van der Waals surface area (Å²) >= 11 is 3.55. The Balaban J connectivity index is 1.51. The molecule has 1 unspecified atom stereocenters. The molecular weight excluding hydrogens is 546 g/mol. The smallest absolute Gasteiger partial charge is 0.240 e. The van der Waals surface area contributed by atoms with Crippen molar-refractivity contribution in [1.29, 1.82) is 0 Å². The van der Waals surface area contributed by atoms with Crippen molar-refractivity contribution in [3.63, 3.8) is 0 Å². The summed E-state index contributed by atoms with van der Waals surface area (Å²) in [4.78, 5) is 4.98. The predicted octanol–water partition coefficient (Wildman–Crippen LogP) is 5.80. The fourth-order valence-electron chi connectivity index (χ4n) is 3.33. The van der Waals surface area contributed by atoms with Gasteiger partial charge in [0.15, 0.2) is 0 Å². The highest BCUT2D eigenvalue weighted by Crippen LogP contribution is 2.28. The minimum Gasteiger partial charge on any atom is -0.477 e. The zero-order valence-corrected chi connectivity index (χ0v) is 24.6. The van der Waals surface area contributed by atoms with E-state index in [1.54, 1.807) is 24.3 Å². The number of sulfonamides is 1. The molecule has 0 fully saturated rings. The van der Waals surface area contributed by atoms with Crippen molar-refractivity contribution >= 4 is 45.1 Å². The molecule has 1 atom stereocenters. The number of nitrogens with one attached hydrogen (secondary N) is 1. The molecule has 0 radical (unpaired) electrons. The molecule has 0 aliphatic carbocycles. The maximum atomic E-state index is 12.5. The Hall–Kier alpha value is -1.72. The van der Waals surface area contributed by atoms with Crippen LogP contribution in [0.5, 0.6) is 5.88 Å². The lowest BCUT2D eigenvalue weighted by Crippen LogP contribution is -2.29. The van der Waals surface area contributed by atoms with E-state index in [1.165, 1.54) is 0 Å². The lowest BCUT2D eigenvalue weighted by molar-refractivity contribution is 0.0898. The number of benzene rings is 1. The first-order valence-corrected chi connectivity index (χ1v) is 17.9. The van der Waals surface area contributed by atoms with Gasteiger partial charge in [0.05, 0.1) is 16.0 Å². The number of halogens is 1. The Morgan fingerprint density at radius 2 is 1.86 bits per heavy atom. The molecule has 10 heteroatoms. The van der Waals surface area contributed by atoms with Gasteiger partial charge in [0.2, 0.25) is 15.9 Å². The quantitative estimate of drug-likeness (QED) is 0.203. The number of aromatic nitrogens is 2. The number of pyridine rings is 1. The standard InChI is InChI=1S/C25H36BrN3O4SSi/c1-19-6-8-22(9-7-19)34(30,31)27-17-20(2)11-13-33-25-23(26)16-21-10-12-29(24(21)28-25)18-32-14-15-35(3,4)5/h6-10,12,16,20,27H,11,13-15,17-18H2,1-5H3. The molecule has 0 amide bonds. The van der Waals surface area contributed by atoms with Gasteiger partial charge in [-0.15, -0.1) is 0 Å². The van der Waals surface area contributed by atoms with E-state index in [-0.39, 0.29) is 10.8 Å². The molecule has 0 aliphatic heterocycles. The lowest BCUT2D eigenvalue weighted by Gasteiger charge is -2.16. The maximum absolute atomic E-state index is 12.5. The van der Waals surface area contributed by atoms with Crippen molar-refractivity contribution in [3.05, 3.63) is 52.6 Å². The first kappa shape index (κ1) is 27.9. The third kappa shape index (κ3) is 8.42. The normalized spacial score (nSPS) is 13.3. The van der Waals surface area contributed by atoms with Crippen molar-refractivity contribution in [3.8, 4) is 5.88 Å². The number of hydrogen-bond acceptors (Lipinski definition) is 5. The Kier molecular flexibility index (Phi) is 9.56. The Bertz CT molecular complexity index is 1220. The third-order valence-electron chi connectivity index (χ3n) is 5.69. The molecule has 1 N–H and O–H groups in total. The Labute approximate surface area is 218 Å². The predicted molar refractivity (Wildman–Crippen MR) is 147 cm³/mol. The average Bonchev–Trinajstić information content (AvgIpc) is 3.16. The highest BCUT2D eigenvalue weighted by Gasteiger charge is 2.16. The van der Waals surface area contributed by atoms with Gasteiger partial charge in [-0.3, -0.25) is 0 Å². The van der Waals surface area contributed by atoms with Crippen LogP contribution in [-0.2, 0) is 21.5 Å². The summed E-state index contributed by atoms with van der Waals surface area (Å²) in [6.07, 6.45) is 2.66. The SMILES string of the molecule is Cc1ccc(S(=O)(=O)NCC(C)CCOc2nc3c(ccn3COCC[Si](C)(C)C)cc2Br)cc1. The maximum Gasteiger partial charge on any atom is 0.240 e. The van der Waals surface area contributed by atoms with Gasteiger partial charge in [0.1, 0.15) is 12.4 Å². The summed E-state index contributed by atoms with van der Waals surface area (Å²) in [5, 5.41) is 1.01.